The Morgan fingerprint density at radius 2 is 2.21 bits per heavy atom. The van der Waals surface area contributed by atoms with Gasteiger partial charge in [0.15, 0.2) is 0 Å². The molecule has 4 heteroatoms. The van der Waals surface area contributed by atoms with Gasteiger partial charge in [-0.05, 0) is 30.9 Å². The number of hydrogen-bond acceptors (Lipinski definition) is 2. The summed E-state index contributed by atoms with van der Waals surface area (Å²) in [6.07, 6.45) is 4.26. The second-order valence-electron chi connectivity index (χ2n) is 3.67. The molecular formula is C10H8Cl2N2. The molecule has 0 aliphatic heterocycles. The highest BCUT2D eigenvalue weighted by Gasteiger charge is 2.43. The number of halogens is 2. The quantitative estimate of drug-likeness (QED) is 0.727. The zero-order valence-electron chi connectivity index (χ0n) is 7.43. The fourth-order valence-corrected chi connectivity index (χ4v) is 1.84. The van der Waals surface area contributed by atoms with Gasteiger partial charge >= 0.3 is 0 Å². The molecule has 0 atom stereocenters. The molecule has 1 fully saturated rings. The summed E-state index contributed by atoms with van der Waals surface area (Å²) < 4.78 is 0. The van der Waals surface area contributed by atoms with Crippen LogP contribution < -0.4 is 0 Å². The molecule has 1 aliphatic rings. The van der Waals surface area contributed by atoms with Crippen molar-refractivity contribution in [2.24, 2.45) is 5.41 Å². The van der Waals surface area contributed by atoms with Crippen LogP contribution >= 0.6 is 23.2 Å². The average Bonchev–Trinajstić information content (AvgIpc) is 2.91. The minimum atomic E-state index is -0.181. The van der Waals surface area contributed by atoms with E-state index in [0.29, 0.717) is 16.6 Å². The predicted molar refractivity (Wildman–Crippen MR) is 55.2 cm³/mol. The van der Waals surface area contributed by atoms with Gasteiger partial charge in [-0.1, -0.05) is 23.2 Å². The molecule has 0 saturated heterocycles. The van der Waals surface area contributed by atoms with Crippen LogP contribution in [0.15, 0.2) is 12.3 Å². The predicted octanol–water partition coefficient (Wildman–Crippen LogP) is 3.23. The molecule has 0 unspecified atom stereocenters. The molecule has 1 heterocycles. The average molecular weight is 227 g/mol. The third-order valence-electron chi connectivity index (χ3n) is 2.52. The molecule has 14 heavy (non-hydrogen) atoms. The first-order chi connectivity index (χ1) is 6.65. The summed E-state index contributed by atoms with van der Waals surface area (Å²) in [6, 6.07) is 3.94. The number of pyridine rings is 1. The fraction of sp³-hybridized carbons (Fsp3) is 0.400. The van der Waals surface area contributed by atoms with Crippen LogP contribution in [0.25, 0.3) is 0 Å². The second-order valence-corrected chi connectivity index (χ2v) is 4.46. The van der Waals surface area contributed by atoms with E-state index in [9.17, 15) is 0 Å². The highest BCUT2D eigenvalue weighted by Crippen LogP contribution is 2.48. The molecule has 72 valence electrons. The number of rotatable bonds is 2. The molecule has 1 aromatic rings. The van der Waals surface area contributed by atoms with Crippen LogP contribution in [0.4, 0.5) is 0 Å². The van der Waals surface area contributed by atoms with Crippen molar-refractivity contribution in [3.63, 3.8) is 0 Å². The maximum absolute atomic E-state index is 8.92. The first kappa shape index (κ1) is 9.76. The maximum Gasteiger partial charge on any atom is 0.130 e. The summed E-state index contributed by atoms with van der Waals surface area (Å²) in [7, 11) is 0. The van der Waals surface area contributed by atoms with E-state index in [-0.39, 0.29) is 5.41 Å². The minimum absolute atomic E-state index is 0.181. The Morgan fingerprint density at radius 3 is 2.71 bits per heavy atom. The zero-order chi connectivity index (χ0) is 10.2. The van der Waals surface area contributed by atoms with Gasteiger partial charge in [0, 0.05) is 11.2 Å². The van der Waals surface area contributed by atoms with Crippen LogP contribution in [0.1, 0.15) is 18.4 Å². The van der Waals surface area contributed by atoms with Crippen LogP contribution in [-0.4, -0.2) is 4.98 Å². The summed E-state index contributed by atoms with van der Waals surface area (Å²) in [4.78, 5) is 3.96. The van der Waals surface area contributed by atoms with E-state index in [2.05, 4.69) is 11.1 Å². The highest BCUT2D eigenvalue weighted by molar-refractivity contribution is 6.34. The van der Waals surface area contributed by atoms with E-state index in [4.69, 9.17) is 28.5 Å². The number of nitrogens with zero attached hydrogens (tertiary/aromatic N) is 2. The zero-order valence-corrected chi connectivity index (χ0v) is 8.94. The smallest absolute Gasteiger partial charge is 0.130 e. The van der Waals surface area contributed by atoms with Crippen LogP contribution in [0.2, 0.25) is 10.2 Å². The van der Waals surface area contributed by atoms with Crippen LogP contribution in [-0.2, 0) is 6.42 Å². The molecule has 0 amide bonds. The van der Waals surface area contributed by atoms with Crippen LogP contribution in [0, 0.1) is 16.7 Å². The van der Waals surface area contributed by atoms with E-state index in [1.165, 1.54) is 0 Å². The lowest BCUT2D eigenvalue weighted by atomic mass is 9.99. The highest BCUT2D eigenvalue weighted by atomic mass is 35.5. The Balaban J connectivity index is 2.22. The molecule has 0 aromatic carbocycles. The van der Waals surface area contributed by atoms with Gasteiger partial charge in [-0.3, -0.25) is 0 Å². The van der Waals surface area contributed by atoms with Gasteiger partial charge in [-0.15, -0.1) is 0 Å². The van der Waals surface area contributed by atoms with Crippen molar-refractivity contribution >= 4 is 23.2 Å². The van der Waals surface area contributed by atoms with Crippen molar-refractivity contribution in [2.75, 3.05) is 0 Å². The third kappa shape index (κ3) is 1.84. The van der Waals surface area contributed by atoms with Gasteiger partial charge in [0.1, 0.15) is 5.15 Å². The first-order valence-electron chi connectivity index (χ1n) is 4.36. The van der Waals surface area contributed by atoms with Crippen molar-refractivity contribution in [2.45, 2.75) is 19.3 Å². The van der Waals surface area contributed by atoms with Gasteiger partial charge in [-0.25, -0.2) is 4.98 Å². The molecule has 2 rings (SSSR count). The molecule has 0 radical (unpaired) electrons. The third-order valence-corrected chi connectivity index (χ3v) is 3.07. The second kappa shape index (κ2) is 3.42. The van der Waals surface area contributed by atoms with Crippen molar-refractivity contribution in [3.05, 3.63) is 28.0 Å². The molecule has 1 aromatic heterocycles. The topological polar surface area (TPSA) is 36.7 Å². The summed E-state index contributed by atoms with van der Waals surface area (Å²) in [5.74, 6) is 0. The fourth-order valence-electron chi connectivity index (χ4n) is 1.41. The van der Waals surface area contributed by atoms with E-state index < -0.39 is 0 Å². The van der Waals surface area contributed by atoms with Crippen molar-refractivity contribution in [1.82, 2.24) is 4.98 Å². The lowest BCUT2D eigenvalue weighted by Crippen LogP contribution is -2.02. The number of hydrogen-bond donors (Lipinski definition) is 0. The lowest BCUT2D eigenvalue weighted by molar-refractivity contribution is 0.663. The molecule has 0 bridgehead atoms. The Morgan fingerprint density at radius 1 is 1.50 bits per heavy atom. The lowest BCUT2D eigenvalue weighted by Gasteiger charge is -2.06. The molecule has 1 saturated carbocycles. The van der Waals surface area contributed by atoms with E-state index >= 15 is 0 Å². The number of aromatic nitrogens is 1. The Hall–Kier alpha value is -0.780. The van der Waals surface area contributed by atoms with Crippen molar-refractivity contribution in [3.8, 4) is 6.07 Å². The summed E-state index contributed by atoms with van der Waals surface area (Å²) in [5, 5.41) is 9.92. The molecular weight excluding hydrogens is 219 g/mol. The Kier molecular flexibility index (Phi) is 2.38. The minimum Gasteiger partial charge on any atom is -0.244 e. The SMILES string of the molecule is N#CC1(Cc2cnc(Cl)cc2Cl)CC1. The van der Waals surface area contributed by atoms with E-state index in [1.807, 2.05) is 0 Å². The van der Waals surface area contributed by atoms with Gasteiger partial charge in [0.25, 0.3) is 0 Å². The van der Waals surface area contributed by atoms with Crippen LogP contribution in [0.5, 0.6) is 0 Å². The summed E-state index contributed by atoms with van der Waals surface area (Å²) >= 11 is 11.7. The normalized spacial score (nSPS) is 17.5. The maximum atomic E-state index is 8.92. The van der Waals surface area contributed by atoms with Crippen LogP contribution in [0.3, 0.4) is 0 Å². The Bertz CT molecular complexity index is 405. The van der Waals surface area contributed by atoms with E-state index in [0.717, 1.165) is 18.4 Å². The van der Waals surface area contributed by atoms with Crippen molar-refractivity contribution in [1.29, 1.82) is 5.26 Å². The van der Waals surface area contributed by atoms with Gasteiger partial charge in [0.05, 0.1) is 11.5 Å². The summed E-state index contributed by atoms with van der Waals surface area (Å²) in [6.45, 7) is 0. The summed E-state index contributed by atoms with van der Waals surface area (Å²) in [5.41, 5.74) is 0.731. The molecule has 1 aliphatic carbocycles. The molecule has 0 N–H and O–H groups in total. The monoisotopic (exact) mass is 226 g/mol. The first-order valence-corrected chi connectivity index (χ1v) is 5.12. The Labute approximate surface area is 92.5 Å². The largest absolute Gasteiger partial charge is 0.244 e. The van der Waals surface area contributed by atoms with Crippen molar-refractivity contribution < 1.29 is 0 Å². The van der Waals surface area contributed by atoms with Gasteiger partial charge < -0.3 is 0 Å². The molecule has 0 spiro atoms. The van der Waals surface area contributed by atoms with E-state index in [1.54, 1.807) is 12.3 Å². The van der Waals surface area contributed by atoms with Gasteiger partial charge in [0.2, 0.25) is 0 Å². The number of nitriles is 1. The van der Waals surface area contributed by atoms with Gasteiger partial charge in [-0.2, -0.15) is 5.26 Å². The standard InChI is InChI=1S/C10H8Cl2N2/c11-8-3-9(12)14-5-7(8)4-10(6-13)1-2-10/h3,5H,1-2,4H2. The molecule has 2 nitrogen and oxygen atoms in total.